The lowest BCUT2D eigenvalue weighted by Gasteiger charge is -2.21. The molecule has 2 N–H and O–H groups in total. The van der Waals surface area contributed by atoms with E-state index in [1.165, 1.54) is 30.6 Å². The first-order valence-electron chi connectivity index (χ1n) is 10.3. The maximum Gasteiger partial charge on any atom is 0.194 e. The molecule has 3 rings (SSSR count). The number of nitrogens with zero attached hydrogens (tertiary/aromatic N) is 4. The summed E-state index contributed by atoms with van der Waals surface area (Å²) in [7, 11) is 2.21. The van der Waals surface area contributed by atoms with Crippen LogP contribution in [0.1, 0.15) is 30.9 Å². The number of nitrogens with one attached hydrogen (secondary N) is 1. The minimum absolute atomic E-state index is 0.230. The number of hydrogen-bond acceptors (Lipinski definition) is 4. The first-order valence-corrected chi connectivity index (χ1v) is 10.3. The first-order chi connectivity index (χ1) is 13.1. The van der Waals surface area contributed by atoms with Crippen LogP contribution >= 0.6 is 0 Å². The van der Waals surface area contributed by atoms with Gasteiger partial charge in [-0.1, -0.05) is 24.3 Å². The van der Waals surface area contributed by atoms with Gasteiger partial charge in [-0.2, -0.15) is 0 Å². The molecule has 0 bridgehead atoms. The Morgan fingerprint density at radius 2 is 1.89 bits per heavy atom. The van der Waals surface area contributed by atoms with Crippen LogP contribution in [0, 0.1) is 0 Å². The van der Waals surface area contributed by atoms with E-state index < -0.39 is 0 Å². The van der Waals surface area contributed by atoms with E-state index in [2.05, 4.69) is 58.3 Å². The van der Waals surface area contributed by atoms with Gasteiger partial charge in [0.1, 0.15) is 0 Å². The smallest absolute Gasteiger partial charge is 0.194 e. The highest BCUT2D eigenvalue weighted by Gasteiger charge is 2.22. The van der Waals surface area contributed by atoms with Crippen LogP contribution < -0.4 is 5.32 Å². The maximum absolute atomic E-state index is 9.77. The highest BCUT2D eigenvalue weighted by Crippen LogP contribution is 2.12. The summed E-state index contributed by atoms with van der Waals surface area (Å²) >= 11 is 0. The number of likely N-dealkylation sites (tertiary alicyclic amines) is 1. The zero-order valence-corrected chi connectivity index (χ0v) is 16.9. The van der Waals surface area contributed by atoms with Gasteiger partial charge in [-0.05, 0) is 51.0 Å². The number of guanidine groups is 1. The van der Waals surface area contributed by atoms with Gasteiger partial charge in [0.2, 0.25) is 0 Å². The Morgan fingerprint density at radius 1 is 1.11 bits per heavy atom. The van der Waals surface area contributed by atoms with Crippen molar-refractivity contribution in [3.05, 3.63) is 35.4 Å². The molecule has 0 aromatic heterocycles. The number of likely N-dealkylation sites (N-methyl/N-ethyl adjacent to an activating group) is 1. The standard InChI is InChI=1S/C21H35N5O/c1-3-22-21(26-12-9-20(27)17-26)23-15-18-5-7-19(8-6-18)16-25-11-4-10-24(2)13-14-25/h5-8,20,27H,3-4,9-17H2,1-2H3,(H,22,23)/t20-/m1/s1. The Balaban J connectivity index is 1.54. The third-order valence-electron chi connectivity index (χ3n) is 5.45. The second kappa shape index (κ2) is 10.1. The number of aliphatic hydroxyl groups excluding tert-OH is 1. The fraction of sp³-hybridized carbons (Fsp3) is 0.667. The molecule has 0 saturated carbocycles. The molecule has 0 amide bonds. The zero-order valence-electron chi connectivity index (χ0n) is 16.9. The average molecular weight is 374 g/mol. The van der Waals surface area contributed by atoms with E-state index in [4.69, 9.17) is 4.99 Å². The highest BCUT2D eigenvalue weighted by molar-refractivity contribution is 5.80. The molecule has 0 unspecified atom stereocenters. The normalized spacial score (nSPS) is 22.9. The molecule has 1 atom stereocenters. The summed E-state index contributed by atoms with van der Waals surface area (Å²) in [6.45, 7) is 10.9. The van der Waals surface area contributed by atoms with Crippen molar-refractivity contribution in [3.63, 3.8) is 0 Å². The van der Waals surface area contributed by atoms with Crippen LogP contribution in [0.4, 0.5) is 0 Å². The summed E-state index contributed by atoms with van der Waals surface area (Å²) in [5.41, 5.74) is 2.60. The summed E-state index contributed by atoms with van der Waals surface area (Å²) in [5, 5.41) is 13.1. The molecule has 6 heteroatoms. The van der Waals surface area contributed by atoms with Crippen LogP contribution in [0.25, 0.3) is 0 Å². The summed E-state index contributed by atoms with van der Waals surface area (Å²) in [6.07, 6.45) is 1.85. The van der Waals surface area contributed by atoms with Crippen LogP contribution in [0.5, 0.6) is 0 Å². The second-order valence-corrected chi connectivity index (χ2v) is 7.81. The molecule has 2 heterocycles. The Bertz CT molecular complexity index is 603. The van der Waals surface area contributed by atoms with E-state index in [1.54, 1.807) is 0 Å². The van der Waals surface area contributed by atoms with Crippen molar-refractivity contribution >= 4 is 5.96 Å². The Hall–Kier alpha value is -1.63. The molecular weight excluding hydrogens is 338 g/mol. The fourth-order valence-electron chi connectivity index (χ4n) is 3.79. The summed E-state index contributed by atoms with van der Waals surface area (Å²) in [6, 6.07) is 8.88. The molecule has 2 saturated heterocycles. The highest BCUT2D eigenvalue weighted by atomic mass is 16.3. The minimum Gasteiger partial charge on any atom is -0.391 e. The van der Waals surface area contributed by atoms with Crippen LogP contribution in [0.15, 0.2) is 29.3 Å². The molecule has 150 valence electrons. The van der Waals surface area contributed by atoms with Crippen LogP contribution in [0.3, 0.4) is 0 Å². The second-order valence-electron chi connectivity index (χ2n) is 7.81. The fourth-order valence-corrected chi connectivity index (χ4v) is 3.79. The summed E-state index contributed by atoms with van der Waals surface area (Å²) in [4.78, 5) is 11.9. The number of aliphatic hydroxyl groups is 1. The van der Waals surface area contributed by atoms with E-state index >= 15 is 0 Å². The van der Waals surface area contributed by atoms with Crippen LogP contribution in [-0.4, -0.2) is 84.7 Å². The lowest BCUT2D eigenvalue weighted by atomic mass is 10.1. The minimum atomic E-state index is -0.230. The van der Waals surface area contributed by atoms with Gasteiger partial charge < -0.3 is 20.2 Å². The Morgan fingerprint density at radius 3 is 2.59 bits per heavy atom. The van der Waals surface area contributed by atoms with Crippen LogP contribution in [-0.2, 0) is 13.1 Å². The van der Waals surface area contributed by atoms with Crippen molar-refractivity contribution in [2.75, 3.05) is 52.9 Å². The maximum atomic E-state index is 9.77. The predicted octanol–water partition coefficient (Wildman–Crippen LogP) is 1.36. The van der Waals surface area contributed by atoms with Crippen molar-refractivity contribution < 1.29 is 5.11 Å². The zero-order chi connectivity index (χ0) is 19.1. The molecule has 1 aromatic rings. The van der Waals surface area contributed by atoms with E-state index in [0.29, 0.717) is 13.1 Å². The van der Waals surface area contributed by atoms with E-state index in [1.807, 2.05) is 0 Å². The monoisotopic (exact) mass is 373 g/mol. The van der Waals surface area contributed by atoms with Gasteiger partial charge in [-0.25, -0.2) is 4.99 Å². The van der Waals surface area contributed by atoms with Crippen molar-refractivity contribution in [1.82, 2.24) is 20.0 Å². The molecule has 0 spiro atoms. The SMILES string of the molecule is CCNC(=NCc1ccc(CN2CCCN(C)CC2)cc1)N1CC[C@@H](O)C1. The molecular formula is C21H35N5O. The number of hydrogen-bond donors (Lipinski definition) is 2. The lowest BCUT2D eigenvalue weighted by Crippen LogP contribution is -2.40. The number of β-amino-alcohol motifs (C(OH)–C–C–N with tert-alkyl or cyclic N) is 1. The van der Waals surface area contributed by atoms with Gasteiger partial charge in [0.05, 0.1) is 12.6 Å². The third kappa shape index (κ3) is 6.19. The van der Waals surface area contributed by atoms with E-state index in [-0.39, 0.29) is 6.10 Å². The molecule has 0 aliphatic carbocycles. The molecule has 1 aromatic carbocycles. The van der Waals surface area contributed by atoms with Gasteiger partial charge in [-0.15, -0.1) is 0 Å². The van der Waals surface area contributed by atoms with Crippen LogP contribution in [0.2, 0.25) is 0 Å². The Labute approximate surface area is 163 Å². The quantitative estimate of drug-likeness (QED) is 0.603. The van der Waals surface area contributed by atoms with Gasteiger partial charge in [0.15, 0.2) is 5.96 Å². The van der Waals surface area contributed by atoms with Gasteiger partial charge >= 0.3 is 0 Å². The van der Waals surface area contributed by atoms with Crippen molar-refractivity contribution in [3.8, 4) is 0 Å². The molecule has 27 heavy (non-hydrogen) atoms. The van der Waals surface area contributed by atoms with E-state index in [0.717, 1.165) is 45.1 Å². The van der Waals surface area contributed by atoms with Gasteiger partial charge in [0.25, 0.3) is 0 Å². The van der Waals surface area contributed by atoms with Crippen molar-refractivity contribution in [2.24, 2.45) is 4.99 Å². The summed E-state index contributed by atoms with van der Waals surface area (Å²) < 4.78 is 0. The van der Waals surface area contributed by atoms with Crippen molar-refractivity contribution in [2.45, 2.75) is 39.0 Å². The van der Waals surface area contributed by atoms with Crippen molar-refractivity contribution in [1.29, 1.82) is 0 Å². The number of aliphatic imine (C=N–C) groups is 1. The number of benzene rings is 1. The molecule has 2 aliphatic heterocycles. The average Bonchev–Trinajstić information content (AvgIpc) is 2.99. The first kappa shape index (κ1) is 20.1. The largest absolute Gasteiger partial charge is 0.391 e. The summed E-state index contributed by atoms with van der Waals surface area (Å²) in [5.74, 6) is 0.909. The molecule has 2 fully saturated rings. The lowest BCUT2D eigenvalue weighted by molar-refractivity contribution is 0.188. The third-order valence-corrected chi connectivity index (χ3v) is 5.45. The molecule has 2 aliphatic rings. The topological polar surface area (TPSA) is 54.3 Å². The molecule has 6 nitrogen and oxygen atoms in total. The molecule has 0 radical (unpaired) electrons. The predicted molar refractivity (Wildman–Crippen MR) is 111 cm³/mol. The van der Waals surface area contributed by atoms with Gasteiger partial charge in [-0.3, -0.25) is 4.90 Å². The van der Waals surface area contributed by atoms with E-state index in [9.17, 15) is 5.11 Å². The van der Waals surface area contributed by atoms with Gasteiger partial charge in [0, 0.05) is 39.3 Å². The Kier molecular flexibility index (Phi) is 7.50. The number of rotatable bonds is 5.